The zero-order valence-electron chi connectivity index (χ0n) is 12.4. The van der Waals surface area contributed by atoms with Gasteiger partial charge in [0.1, 0.15) is 7.05 Å². The first-order chi connectivity index (χ1) is 9.58. The van der Waals surface area contributed by atoms with Gasteiger partial charge in [-0.2, -0.15) is 4.57 Å². The Labute approximate surface area is 119 Å². The molecule has 0 N–H and O–H groups in total. The third-order valence-corrected chi connectivity index (χ3v) is 3.97. The molecule has 0 aliphatic heterocycles. The van der Waals surface area contributed by atoms with Gasteiger partial charge in [0.25, 0.3) is 0 Å². The summed E-state index contributed by atoms with van der Waals surface area (Å²) >= 11 is 0. The first-order valence-corrected chi connectivity index (χ1v) is 6.89. The fourth-order valence-electron chi connectivity index (χ4n) is 2.74. The van der Waals surface area contributed by atoms with Gasteiger partial charge in [0.05, 0.1) is 10.9 Å². The SMILES string of the molecule is Cc1ccc2cc(C)[n+](C)c(-c3ccncc3C)c2c1. The van der Waals surface area contributed by atoms with E-state index in [2.05, 4.69) is 67.7 Å². The van der Waals surface area contributed by atoms with Crippen LogP contribution >= 0.6 is 0 Å². The van der Waals surface area contributed by atoms with Crippen LogP contribution in [0.1, 0.15) is 16.8 Å². The van der Waals surface area contributed by atoms with Crippen molar-refractivity contribution in [1.29, 1.82) is 0 Å². The molecule has 0 atom stereocenters. The minimum absolute atomic E-state index is 1.21. The van der Waals surface area contributed by atoms with Crippen LogP contribution in [0, 0.1) is 20.8 Å². The van der Waals surface area contributed by atoms with Crippen molar-refractivity contribution >= 4 is 10.8 Å². The van der Waals surface area contributed by atoms with E-state index < -0.39 is 0 Å². The Balaban J connectivity index is 2.47. The maximum atomic E-state index is 4.21. The van der Waals surface area contributed by atoms with Crippen molar-refractivity contribution in [1.82, 2.24) is 4.98 Å². The van der Waals surface area contributed by atoms with Crippen molar-refractivity contribution in [3.63, 3.8) is 0 Å². The monoisotopic (exact) mass is 263 g/mol. The number of fused-ring (bicyclic) bond motifs is 1. The van der Waals surface area contributed by atoms with Gasteiger partial charge in [0, 0.05) is 25.4 Å². The van der Waals surface area contributed by atoms with Crippen LogP contribution in [0.3, 0.4) is 0 Å². The molecule has 0 saturated carbocycles. The highest BCUT2D eigenvalue weighted by Gasteiger charge is 2.19. The summed E-state index contributed by atoms with van der Waals surface area (Å²) in [5.41, 5.74) is 6.27. The molecule has 0 saturated heterocycles. The van der Waals surface area contributed by atoms with E-state index in [0.29, 0.717) is 0 Å². The minimum Gasteiger partial charge on any atom is -0.264 e. The van der Waals surface area contributed by atoms with E-state index in [9.17, 15) is 0 Å². The lowest BCUT2D eigenvalue weighted by Crippen LogP contribution is -2.35. The zero-order valence-corrected chi connectivity index (χ0v) is 12.4. The zero-order chi connectivity index (χ0) is 14.3. The molecule has 0 radical (unpaired) electrons. The molecule has 0 unspecified atom stereocenters. The average molecular weight is 263 g/mol. The summed E-state index contributed by atoms with van der Waals surface area (Å²) < 4.78 is 2.27. The molecular weight excluding hydrogens is 244 g/mol. The van der Waals surface area contributed by atoms with Crippen LogP contribution in [0.2, 0.25) is 0 Å². The molecule has 0 aliphatic carbocycles. The third-order valence-electron chi connectivity index (χ3n) is 3.97. The Bertz CT molecular complexity index is 804. The predicted molar refractivity (Wildman–Crippen MR) is 82.6 cm³/mol. The van der Waals surface area contributed by atoms with Gasteiger partial charge in [0.15, 0.2) is 5.69 Å². The highest BCUT2D eigenvalue weighted by atomic mass is 14.9. The van der Waals surface area contributed by atoms with E-state index in [-0.39, 0.29) is 0 Å². The molecule has 0 aliphatic rings. The molecule has 0 bridgehead atoms. The number of nitrogens with zero attached hydrogens (tertiary/aromatic N) is 2. The lowest BCUT2D eigenvalue weighted by Gasteiger charge is -2.10. The van der Waals surface area contributed by atoms with Gasteiger partial charge in [-0.05, 0) is 36.9 Å². The van der Waals surface area contributed by atoms with E-state index in [1.165, 1.54) is 38.9 Å². The number of aryl methyl sites for hydroxylation is 3. The molecule has 0 fully saturated rings. The fraction of sp³-hybridized carbons (Fsp3) is 0.222. The summed E-state index contributed by atoms with van der Waals surface area (Å²) in [6.07, 6.45) is 3.80. The lowest BCUT2D eigenvalue weighted by atomic mass is 9.99. The van der Waals surface area contributed by atoms with Gasteiger partial charge >= 0.3 is 0 Å². The summed E-state index contributed by atoms with van der Waals surface area (Å²) in [7, 11) is 2.13. The number of aromatic nitrogens is 2. The smallest absolute Gasteiger partial charge is 0.220 e. The van der Waals surface area contributed by atoms with Crippen LogP contribution in [0.4, 0.5) is 0 Å². The van der Waals surface area contributed by atoms with E-state index in [1.807, 2.05) is 12.4 Å². The van der Waals surface area contributed by atoms with Crippen molar-refractivity contribution in [3.8, 4) is 11.3 Å². The fourth-order valence-corrected chi connectivity index (χ4v) is 2.74. The van der Waals surface area contributed by atoms with Crippen LogP contribution in [0.5, 0.6) is 0 Å². The number of hydrogen-bond acceptors (Lipinski definition) is 1. The second kappa shape index (κ2) is 4.71. The number of rotatable bonds is 1. The number of pyridine rings is 2. The predicted octanol–water partition coefficient (Wildman–Crippen LogP) is 3.65. The molecule has 20 heavy (non-hydrogen) atoms. The normalized spacial score (nSPS) is 11.0. The second-order valence-electron chi connectivity index (χ2n) is 5.47. The quantitative estimate of drug-likeness (QED) is 0.612. The Hall–Kier alpha value is -2.22. The summed E-state index contributed by atoms with van der Waals surface area (Å²) in [6, 6.07) is 11.0. The standard InChI is InChI=1S/C18H19N2/c1-12-5-6-15-10-14(3)20(4)18(17(15)9-12)16-7-8-19-11-13(16)2/h5-11H,1-4H3/q+1. The van der Waals surface area contributed by atoms with Crippen molar-refractivity contribution < 1.29 is 4.57 Å². The van der Waals surface area contributed by atoms with E-state index >= 15 is 0 Å². The molecule has 3 aromatic rings. The molecule has 1 aromatic carbocycles. The maximum Gasteiger partial charge on any atom is 0.220 e. The molecular formula is C18H19N2+. The largest absolute Gasteiger partial charge is 0.264 e. The van der Waals surface area contributed by atoms with Crippen LogP contribution in [0.15, 0.2) is 42.7 Å². The van der Waals surface area contributed by atoms with Crippen LogP contribution in [-0.4, -0.2) is 4.98 Å². The van der Waals surface area contributed by atoms with E-state index in [0.717, 1.165) is 0 Å². The van der Waals surface area contributed by atoms with Crippen molar-refractivity contribution in [2.45, 2.75) is 20.8 Å². The van der Waals surface area contributed by atoms with Crippen molar-refractivity contribution in [3.05, 3.63) is 59.5 Å². The van der Waals surface area contributed by atoms with Crippen molar-refractivity contribution in [2.24, 2.45) is 7.05 Å². The Morgan fingerprint density at radius 3 is 2.55 bits per heavy atom. The highest BCUT2D eigenvalue weighted by Crippen LogP contribution is 2.28. The molecule has 2 heterocycles. The van der Waals surface area contributed by atoms with Gasteiger partial charge < -0.3 is 0 Å². The topological polar surface area (TPSA) is 16.8 Å². The summed E-state index contributed by atoms with van der Waals surface area (Å²) in [6.45, 7) is 6.41. The van der Waals surface area contributed by atoms with Crippen molar-refractivity contribution in [2.75, 3.05) is 0 Å². The van der Waals surface area contributed by atoms with Crippen LogP contribution in [-0.2, 0) is 7.05 Å². The molecule has 2 aromatic heterocycles. The molecule has 100 valence electrons. The maximum absolute atomic E-state index is 4.21. The third kappa shape index (κ3) is 1.97. The summed E-state index contributed by atoms with van der Waals surface area (Å²) in [5.74, 6) is 0. The lowest BCUT2D eigenvalue weighted by molar-refractivity contribution is -0.665. The molecule has 0 amide bonds. The summed E-state index contributed by atoms with van der Waals surface area (Å²) in [5, 5.41) is 2.59. The van der Waals surface area contributed by atoms with Gasteiger partial charge in [-0.3, -0.25) is 4.98 Å². The Morgan fingerprint density at radius 2 is 1.80 bits per heavy atom. The number of benzene rings is 1. The summed E-state index contributed by atoms with van der Waals surface area (Å²) in [4.78, 5) is 4.21. The first kappa shape index (κ1) is 12.8. The van der Waals surface area contributed by atoms with Crippen LogP contribution in [0.25, 0.3) is 22.0 Å². The molecule has 0 spiro atoms. The minimum atomic E-state index is 1.21. The van der Waals surface area contributed by atoms with Crippen LogP contribution < -0.4 is 4.57 Å². The van der Waals surface area contributed by atoms with E-state index in [1.54, 1.807) is 0 Å². The Morgan fingerprint density at radius 1 is 1.00 bits per heavy atom. The molecule has 3 rings (SSSR count). The van der Waals surface area contributed by atoms with Gasteiger partial charge in [-0.25, -0.2) is 0 Å². The van der Waals surface area contributed by atoms with Gasteiger partial charge in [0.2, 0.25) is 5.69 Å². The van der Waals surface area contributed by atoms with Gasteiger partial charge in [-0.15, -0.1) is 0 Å². The number of hydrogen-bond donors (Lipinski definition) is 0. The molecule has 2 heteroatoms. The van der Waals surface area contributed by atoms with E-state index in [4.69, 9.17) is 0 Å². The highest BCUT2D eigenvalue weighted by molar-refractivity contribution is 5.94. The first-order valence-electron chi connectivity index (χ1n) is 6.89. The average Bonchev–Trinajstić information content (AvgIpc) is 2.42. The Kier molecular flexibility index (Phi) is 3.01. The second-order valence-corrected chi connectivity index (χ2v) is 5.47. The van der Waals surface area contributed by atoms with Gasteiger partial charge in [-0.1, -0.05) is 17.7 Å². The molecule has 2 nitrogen and oxygen atoms in total.